The molecule has 0 saturated heterocycles. The summed E-state index contributed by atoms with van der Waals surface area (Å²) in [5, 5.41) is 24.1. The molecule has 10 heteroatoms. The van der Waals surface area contributed by atoms with Gasteiger partial charge in [0.15, 0.2) is 0 Å². The van der Waals surface area contributed by atoms with E-state index in [1.807, 2.05) is 0 Å². The lowest BCUT2D eigenvalue weighted by Gasteiger charge is -2.07. The predicted molar refractivity (Wildman–Crippen MR) is 85.5 cm³/mol. The fraction of sp³-hybridized carbons (Fsp3) is 0.0667. The average Bonchev–Trinajstić information content (AvgIpc) is 2.55. The zero-order valence-electron chi connectivity index (χ0n) is 12.8. The Bertz CT molecular complexity index is 830. The van der Waals surface area contributed by atoms with Crippen LogP contribution in [0, 0.1) is 20.2 Å². The van der Waals surface area contributed by atoms with E-state index in [4.69, 9.17) is 4.74 Å². The lowest BCUT2D eigenvalue weighted by Crippen LogP contribution is -2.12. The largest absolute Gasteiger partial charge is 0.427 e. The van der Waals surface area contributed by atoms with E-state index in [0.29, 0.717) is 5.69 Å². The summed E-state index contributed by atoms with van der Waals surface area (Å²) in [5.41, 5.74) is -1.05. The fourth-order valence-electron chi connectivity index (χ4n) is 1.91. The minimum Gasteiger partial charge on any atom is -0.427 e. The van der Waals surface area contributed by atoms with Crippen LogP contribution in [0.1, 0.15) is 17.3 Å². The number of anilines is 1. The van der Waals surface area contributed by atoms with Gasteiger partial charge in [0.05, 0.1) is 21.5 Å². The molecule has 0 radical (unpaired) electrons. The van der Waals surface area contributed by atoms with Gasteiger partial charge < -0.3 is 10.1 Å². The molecule has 0 aliphatic carbocycles. The number of nitro benzene ring substituents is 2. The molecule has 0 bridgehead atoms. The van der Waals surface area contributed by atoms with Crippen LogP contribution in [0.5, 0.6) is 5.75 Å². The standard InChI is InChI=1S/C15H11N3O7/c1-9(19)25-14-4-2-11(3-5-14)16-15(20)10-6-12(17(21)22)8-13(7-10)18(23)24/h2-8H,1H3,(H,16,20). The topological polar surface area (TPSA) is 142 Å². The van der Waals surface area contributed by atoms with Crippen LogP contribution in [0.2, 0.25) is 0 Å². The van der Waals surface area contributed by atoms with Gasteiger partial charge in [-0.05, 0) is 24.3 Å². The highest BCUT2D eigenvalue weighted by atomic mass is 16.6. The minimum absolute atomic E-state index is 0.232. The van der Waals surface area contributed by atoms with Crippen molar-refractivity contribution in [3.63, 3.8) is 0 Å². The Kier molecular flexibility index (Phi) is 5.03. The molecule has 1 amide bonds. The number of esters is 1. The number of nitrogens with zero attached hydrogens (tertiary/aromatic N) is 2. The van der Waals surface area contributed by atoms with Crippen LogP contribution in [0.4, 0.5) is 17.1 Å². The molecule has 10 nitrogen and oxygen atoms in total. The van der Waals surface area contributed by atoms with E-state index in [2.05, 4.69) is 5.32 Å². The van der Waals surface area contributed by atoms with Crippen molar-refractivity contribution in [1.82, 2.24) is 0 Å². The first-order valence-electron chi connectivity index (χ1n) is 6.80. The molecule has 0 atom stereocenters. The van der Waals surface area contributed by atoms with Gasteiger partial charge in [0.2, 0.25) is 0 Å². The highest BCUT2D eigenvalue weighted by molar-refractivity contribution is 6.05. The third-order valence-electron chi connectivity index (χ3n) is 2.96. The Balaban J connectivity index is 2.24. The van der Waals surface area contributed by atoms with Gasteiger partial charge in [0.25, 0.3) is 17.3 Å². The molecule has 0 heterocycles. The van der Waals surface area contributed by atoms with Gasteiger partial charge in [-0.25, -0.2) is 0 Å². The first-order valence-corrected chi connectivity index (χ1v) is 6.80. The highest BCUT2D eigenvalue weighted by Gasteiger charge is 2.20. The maximum absolute atomic E-state index is 12.2. The van der Waals surface area contributed by atoms with E-state index in [9.17, 15) is 29.8 Å². The Hall–Kier alpha value is -3.82. The SMILES string of the molecule is CC(=O)Oc1ccc(NC(=O)c2cc([N+](=O)[O-])cc([N+](=O)[O-])c2)cc1. The molecule has 2 aromatic rings. The summed E-state index contributed by atoms with van der Waals surface area (Å²) in [5.74, 6) is -0.982. The summed E-state index contributed by atoms with van der Waals surface area (Å²) in [6.07, 6.45) is 0. The molecule has 0 aromatic heterocycles. The van der Waals surface area contributed by atoms with Crippen LogP contribution in [0.25, 0.3) is 0 Å². The van der Waals surface area contributed by atoms with Gasteiger partial charge in [-0.1, -0.05) is 0 Å². The van der Waals surface area contributed by atoms with E-state index >= 15 is 0 Å². The predicted octanol–water partition coefficient (Wildman–Crippen LogP) is 2.68. The molecule has 0 spiro atoms. The van der Waals surface area contributed by atoms with Crippen molar-refractivity contribution in [2.75, 3.05) is 5.32 Å². The third-order valence-corrected chi connectivity index (χ3v) is 2.96. The van der Waals surface area contributed by atoms with E-state index in [-0.39, 0.29) is 11.3 Å². The lowest BCUT2D eigenvalue weighted by molar-refractivity contribution is -0.394. The van der Waals surface area contributed by atoms with Crippen LogP contribution in [-0.4, -0.2) is 21.7 Å². The Morgan fingerprint density at radius 3 is 1.92 bits per heavy atom. The first-order chi connectivity index (χ1) is 11.8. The second-order valence-electron chi connectivity index (χ2n) is 4.82. The van der Waals surface area contributed by atoms with Crippen LogP contribution in [0.3, 0.4) is 0 Å². The smallest absolute Gasteiger partial charge is 0.308 e. The Labute approximate surface area is 140 Å². The van der Waals surface area contributed by atoms with Crippen molar-refractivity contribution in [3.8, 4) is 5.75 Å². The summed E-state index contributed by atoms with van der Waals surface area (Å²) in [6, 6.07) is 8.42. The summed E-state index contributed by atoms with van der Waals surface area (Å²) in [6.45, 7) is 1.24. The van der Waals surface area contributed by atoms with E-state index in [0.717, 1.165) is 18.2 Å². The normalized spacial score (nSPS) is 9.96. The van der Waals surface area contributed by atoms with Crippen molar-refractivity contribution in [1.29, 1.82) is 0 Å². The molecule has 2 rings (SSSR count). The van der Waals surface area contributed by atoms with E-state index < -0.39 is 33.1 Å². The number of amides is 1. The number of nitro groups is 2. The monoisotopic (exact) mass is 345 g/mol. The number of ether oxygens (including phenoxy) is 1. The second-order valence-corrected chi connectivity index (χ2v) is 4.82. The molecular formula is C15H11N3O7. The average molecular weight is 345 g/mol. The zero-order chi connectivity index (χ0) is 18.6. The van der Waals surface area contributed by atoms with E-state index in [1.54, 1.807) is 0 Å². The number of non-ortho nitro benzene ring substituents is 2. The quantitative estimate of drug-likeness (QED) is 0.380. The summed E-state index contributed by atoms with van der Waals surface area (Å²) in [7, 11) is 0. The molecule has 0 aliphatic heterocycles. The molecule has 0 unspecified atom stereocenters. The molecule has 0 fully saturated rings. The van der Waals surface area contributed by atoms with Crippen molar-refractivity contribution in [2.45, 2.75) is 6.92 Å². The molecular weight excluding hydrogens is 334 g/mol. The molecule has 1 N–H and O–H groups in total. The number of hydrogen-bond acceptors (Lipinski definition) is 7. The molecule has 128 valence electrons. The van der Waals surface area contributed by atoms with Crippen molar-refractivity contribution in [3.05, 3.63) is 68.3 Å². The van der Waals surface area contributed by atoms with Crippen molar-refractivity contribution in [2.24, 2.45) is 0 Å². The van der Waals surface area contributed by atoms with Gasteiger partial charge in [-0.15, -0.1) is 0 Å². The fourth-order valence-corrected chi connectivity index (χ4v) is 1.91. The number of carbonyl (C=O) groups excluding carboxylic acids is 2. The van der Waals surface area contributed by atoms with Crippen LogP contribution >= 0.6 is 0 Å². The number of carbonyl (C=O) groups is 2. The first kappa shape index (κ1) is 17.5. The van der Waals surface area contributed by atoms with E-state index in [1.165, 1.54) is 31.2 Å². The zero-order valence-corrected chi connectivity index (χ0v) is 12.8. The van der Waals surface area contributed by atoms with Gasteiger partial charge in [0, 0.05) is 24.7 Å². The highest BCUT2D eigenvalue weighted by Crippen LogP contribution is 2.24. The van der Waals surface area contributed by atoms with Gasteiger partial charge >= 0.3 is 5.97 Å². The Morgan fingerprint density at radius 2 is 1.48 bits per heavy atom. The maximum atomic E-state index is 12.2. The number of nitrogens with one attached hydrogen (secondary N) is 1. The summed E-state index contributed by atoms with van der Waals surface area (Å²) in [4.78, 5) is 43.1. The van der Waals surface area contributed by atoms with Crippen LogP contribution in [-0.2, 0) is 4.79 Å². The second kappa shape index (κ2) is 7.17. The number of rotatable bonds is 5. The van der Waals surface area contributed by atoms with Crippen molar-refractivity contribution >= 4 is 28.9 Å². The number of benzene rings is 2. The Morgan fingerprint density at radius 1 is 0.960 bits per heavy atom. The number of hydrogen-bond donors (Lipinski definition) is 1. The van der Waals surface area contributed by atoms with Gasteiger partial charge in [-0.2, -0.15) is 0 Å². The van der Waals surface area contributed by atoms with Crippen LogP contribution < -0.4 is 10.1 Å². The summed E-state index contributed by atoms with van der Waals surface area (Å²) >= 11 is 0. The molecule has 0 saturated carbocycles. The molecule has 2 aromatic carbocycles. The molecule has 25 heavy (non-hydrogen) atoms. The summed E-state index contributed by atoms with van der Waals surface area (Å²) < 4.78 is 4.84. The maximum Gasteiger partial charge on any atom is 0.308 e. The molecule has 0 aliphatic rings. The van der Waals surface area contributed by atoms with Gasteiger partial charge in [0.1, 0.15) is 5.75 Å². The third kappa shape index (κ3) is 4.58. The van der Waals surface area contributed by atoms with Crippen molar-refractivity contribution < 1.29 is 24.2 Å². The lowest BCUT2D eigenvalue weighted by atomic mass is 10.1. The van der Waals surface area contributed by atoms with Crippen LogP contribution in [0.15, 0.2) is 42.5 Å². The van der Waals surface area contributed by atoms with Gasteiger partial charge in [-0.3, -0.25) is 29.8 Å². The minimum atomic E-state index is -0.822.